The van der Waals surface area contributed by atoms with E-state index in [9.17, 15) is 14.4 Å². The van der Waals surface area contributed by atoms with Gasteiger partial charge in [-0.25, -0.2) is 0 Å². The van der Waals surface area contributed by atoms with Crippen LogP contribution < -0.4 is 0 Å². The minimum Gasteiger partial charge on any atom is -0.448 e. The van der Waals surface area contributed by atoms with Crippen molar-refractivity contribution in [3.63, 3.8) is 0 Å². The Hall–Kier alpha value is -1.97. The number of Topliss-reactive ketones (excluding diaryl/α,β-unsaturated/α-hetero) is 2. The number of unbranched alkanes of at least 4 members (excludes halogenated alkanes) is 1. The molecule has 0 bridgehead atoms. The molecule has 1 unspecified atom stereocenters. The zero-order valence-electron chi connectivity index (χ0n) is 10.1. The van der Waals surface area contributed by atoms with Gasteiger partial charge in [-0.15, -0.1) is 0 Å². The van der Waals surface area contributed by atoms with Crippen LogP contribution in [0, 0.1) is 0 Å². The van der Waals surface area contributed by atoms with Gasteiger partial charge in [0.15, 0.2) is 0 Å². The highest BCUT2D eigenvalue weighted by Gasteiger charge is 2.41. The molecule has 0 N–H and O–H groups in total. The number of aryl methyl sites for hydroxylation is 1. The van der Waals surface area contributed by atoms with Gasteiger partial charge in [-0.3, -0.25) is 14.4 Å². The van der Waals surface area contributed by atoms with Crippen molar-refractivity contribution in [1.82, 2.24) is 0 Å². The summed E-state index contributed by atoms with van der Waals surface area (Å²) < 4.78 is 4.59. The predicted octanol–water partition coefficient (Wildman–Crippen LogP) is 1.95. The van der Waals surface area contributed by atoms with Crippen LogP contribution in [-0.4, -0.2) is 24.1 Å². The van der Waals surface area contributed by atoms with Crippen LogP contribution in [0.1, 0.15) is 46.0 Å². The summed E-state index contributed by atoms with van der Waals surface area (Å²) in [5.41, 5.74) is 1.67. The van der Waals surface area contributed by atoms with Gasteiger partial charge in [-0.05, 0) is 18.4 Å². The molecule has 4 nitrogen and oxygen atoms in total. The van der Waals surface area contributed by atoms with Gasteiger partial charge in [-0.1, -0.05) is 31.5 Å². The number of hydrogen-bond donors (Lipinski definition) is 0. The first kappa shape index (κ1) is 12.5. The van der Waals surface area contributed by atoms with E-state index in [-0.39, 0.29) is 6.47 Å². The standard InChI is InChI=1S/C14H14O4/c1-2-3-5-9-6-4-7-10-11(9)13(17)14(12(10)16)18-8-15/h4,6-8,14H,2-3,5H2,1H3. The summed E-state index contributed by atoms with van der Waals surface area (Å²) in [5.74, 6) is -0.811. The van der Waals surface area contributed by atoms with Crippen molar-refractivity contribution in [3.05, 3.63) is 34.9 Å². The molecule has 2 rings (SSSR count). The van der Waals surface area contributed by atoms with Crippen molar-refractivity contribution in [3.8, 4) is 0 Å². The van der Waals surface area contributed by atoms with E-state index in [1.165, 1.54) is 0 Å². The summed E-state index contributed by atoms with van der Waals surface area (Å²) in [4.78, 5) is 34.3. The number of ketones is 2. The molecule has 0 radical (unpaired) electrons. The van der Waals surface area contributed by atoms with Crippen molar-refractivity contribution < 1.29 is 19.1 Å². The second-order valence-electron chi connectivity index (χ2n) is 4.28. The Kier molecular flexibility index (Phi) is 3.55. The molecule has 1 aliphatic rings. The molecule has 1 aromatic carbocycles. The lowest BCUT2D eigenvalue weighted by atomic mass is 9.98. The van der Waals surface area contributed by atoms with Crippen LogP contribution in [0.25, 0.3) is 0 Å². The second-order valence-corrected chi connectivity index (χ2v) is 4.28. The number of benzene rings is 1. The van der Waals surface area contributed by atoms with Gasteiger partial charge in [0.2, 0.25) is 17.7 Å². The van der Waals surface area contributed by atoms with E-state index in [0.29, 0.717) is 11.1 Å². The number of rotatable bonds is 5. The first-order valence-corrected chi connectivity index (χ1v) is 6.00. The molecular weight excluding hydrogens is 232 g/mol. The van der Waals surface area contributed by atoms with Crippen LogP contribution in [0.4, 0.5) is 0 Å². The van der Waals surface area contributed by atoms with Crippen molar-refractivity contribution in [2.45, 2.75) is 32.3 Å². The molecular formula is C14H14O4. The average Bonchev–Trinajstić information content (AvgIpc) is 2.63. The van der Waals surface area contributed by atoms with E-state index in [1.807, 2.05) is 6.07 Å². The maximum absolute atomic E-state index is 12.1. The lowest BCUT2D eigenvalue weighted by Gasteiger charge is -2.05. The fraction of sp³-hybridized carbons (Fsp3) is 0.357. The summed E-state index contributed by atoms with van der Waals surface area (Å²) in [7, 11) is 0. The third-order valence-corrected chi connectivity index (χ3v) is 3.13. The summed E-state index contributed by atoms with van der Waals surface area (Å²) in [6, 6.07) is 5.22. The average molecular weight is 246 g/mol. The molecule has 0 aliphatic heterocycles. The summed E-state index contributed by atoms with van der Waals surface area (Å²) in [5, 5.41) is 0. The van der Waals surface area contributed by atoms with Crippen LogP contribution in [0.2, 0.25) is 0 Å². The summed E-state index contributed by atoms with van der Waals surface area (Å²) in [6.07, 6.45) is 1.45. The molecule has 0 spiro atoms. The molecule has 0 saturated heterocycles. The van der Waals surface area contributed by atoms with E-state index < -0.39 is 17.7 Å². The van der Waals surface area contributed by atoms with E-state index in [0.717, 1.165) is 24.8 Å². The molecule has 0 heterocycles. The Balaban J connectivity index is 2.40. The SMILES string of the molecule is CCCCc1cccc2c1C(=O)C(OC=O)C2=O. The van der Waals surface area contributed by atoms with Crippen LogP contribution in [0.15, 0.2) is 18.2 Å². The van der Waals surface area contributed by atoms with Crippen molar-refractivity contribution >= 4 is 18.0 Å². The van der Waals surface area contributed by atoms with Crippen molar-refractivity contribution in [1.29, 1.82) is 0 Å². The monoisotopic (exact) mass is 246 g/mol. The van der Waals surface area contributed by atoms with Gasteiger partial charge in [0, 0.05) is 11.1 Å². The maximum Gasteiger partial charge on any atom is 0.294 e. The Morgan fingerprint density at radius 3 is 2.72 bits per heavy atom. The molecule has 0 aromatic heterocycles. The Morgan fingerprint density at radius 1 is 1.28 bits per heavy atom. The first-order chi connectivity index (χ1) is 8.70. The zero-order valence-corrected chi connectivity index (χ0v) is 10.1. The van der Waals surface area contributed by atoms with Crippen LogP contribution >= 0.6 is 0 Å². The van der Waals surface area contributed by atoms with Crippen LogP contribution in [-0.2, 0) is 16.0 Å². The minimum atomic E-state index is -1.28. The molecule has 18 heavy (non-hydrogen) atoms. The minimum absolute atomic E-state index is 0.151. The number of hydrogen-bond acceptors (Lipinski definition) is 4. The van der Waals surface area contributed by atoms with E-state index >= 15 is 0 Å². The fourth-order valence-corrected chi connectivity index (χ4v) is 2.24. The third kappa shape index (κ3) is 1.94. The predicted molar refractivity (Wildman–Crippen MR) is 64.7 cm³/mol. The smallest absolute Gasteiger partial charge is 0.294 e. The van der Waals surface area contributed by atoms with Crippen molar-refractivity contribution in [2.24, 2.45) is 0 Å². The molecule has 0 fully saturated rings. The molecule has 0 amide bonds. The fourth-order valence-electron chi connectivity index (χ4n) is 2.24. The Bertz CT molecular complexity index is 505. The molecule has 4 heteroatoms. The van der Waals surface area contributed by atoms with E-state index in [2.05, 4.69) is 11.7 Å². The van der Waals surface area contributed by atoms with Crippen molar-refractivity contribution in [2.75, 3.05) is 0 Å². The topological polar surface area (TPSA) is 60.4 Å². The van der Waals surface area contributed by atoms with Gasteiger partial charge < -0.3 is 4.74 Å². The molecule has 0 saturated carbocycles. The van der Waals surface area contributed by atoms with E-state index in [1.54, 1.807) is 12.1 Å². The van der Waals surface area contributed by atoms with E-state index in [4.69, 9.17) is 0 Å². The first-order valence-electron chi connectivity index (χ1n) is 6.00. The number of carbonyl (C=O) groups excluding carboxylic acids is 3. The largest absolute Gasteiger partial charge is 0.448 e. The molecule has 94 valence electrons. The number of ether oxygens (including phenoxy) is 1. The van der Waals surface area contributed by atoms with Crippen LogP contribution in [0.5, 0.6) is 0 Å². The van der Waals surface area contributed by atoms with Gasteiger partial charge in [0.05, 0.1) is 0 Å². The summed E-state index contributed by atoms with van der Waals surface area (Å²) in [6.45, 7) is 2.21. The molecule has 1 aromatic rings. The third-order valence-electron chi connectivity index (χ3n) is 3.13. The van der Waals surface area contributed by atoms with Gasteiger partial charge in [-0.2, -0.15) is 0 Å². The van der Waals surface area contributed by atoms with Gasteiger partial charge >= 0.3 is 0 Å². The zero-order chi connectivity index (χ0) is 13.1. The van der Waals surface area contributed by atoms with Gasteiger partial charge in [0.25, 0.3) is 6.47 Å². The number of fused-ring (bicyclic) bond motifs is 1. The molecule has 1 aliphatic carbocycles. The quantitative estimate of drug-likeness (QED) is 0.588. The Morgan fingerprint density at radius 2 is 2.06 bits per heavy atom. The number of carbonyl (C=O) groups is 3. The lowest BCUT2D eigenvalue weighted by Crippen LogP contribution is -2.25. The van der Waals surface area contributed by atoms with Gasteiger partial charge in [0.1, 0.15) is 0 Å². The molecule has 1 atom stereocenters. The Labute approximate surface area is 105 Å². The normalized spacial score (nSPS) is 17.7. The second kappa shape index (κ2) is 5.12. The maximum atomic E-state index is 12.1. The summed E-state index contributed by atoms with van der Waals surface area (Å²) >= 11 is 0. The highest BCUT2D eigenvalue weighted by atomic mass is 16.5. The van der Waals surface area contributed by atoms with Crippen LogP contribution in [0.3, 0.4) is 0 Å². The highest BCUT2D eigenvalue weighted by molar-refractivity contribution is 6.29. The lowest BCUT2D eigenvalue weighted by molar-refractivity contribution is -0.130. The highest BCUT2D eigenvalue weighted by Crippen LogP contribution is 2.28.